The van der Waals surface area contributed by atoms with Gasteiger partial charge in [-0.3, -0.25) is 9.59 Å². The molecule has 1 unspecified atom stereocenters. The molecular formula is C9H11NO2. The maximum atomic E-state index is 11.4. The monoisotopic (exact) mass is 165 g/mol. The smallest absolute Gasteiger partial charge is 0.223 e. The molecule has 1 fully saturated rings. The standard InChI is InChI=1S/C9H11NO2/c11-8-3-1-2-6-10-7(8)4-5-9(10)12/h1-2,7H,3-6H2. The third-order valence-electron chi connectivity index (χ3n) is 2.49. The fourth-order valence-electron chi connectivity index (χ4n) is 1.82. The summed E-state index contributed by atoms with van der Waals surface area (Å²) >= 11 is 0. The van der Waals surface area contributed by atoms with E-state index in [9.17, 15) is 9.59 Å². The predicted octanol–water partition coefficient (Wildman–Crippen LogP) is 0.506. The zero-order valence-electron chi connectivity index (χ0n) is 6.82. The Balaban J connectivity index is 2.24. The summed E-state index contributed by atoms with van der Waals surface area (Å²) in [5.74, 6) is 0.314. The number of hydrogen-bond donors (Lipinski definition) is 0. The molecule has 0 bridgehead atoms. The Morgan fingerprint density at radius 1 is 1.33 bits per heavy atom. The molecule has 0 aromatic rings. The minimum Gasteiger partial charge on any atom is -0.329 e. The second-order valence-corrected chi connectivity index (χ2v) is 3.24. The first-order chi connectivity index (χ1) is 5.79. The summed E-state index contributed by atoms with van der Waals surface area (Å²) in [5, 5.41) is 0. The summed E-state index contributed by atoms with van der Waals surface area (Å²) < 4.78 is 0. The van der Waals surface area contributed by atoms with E-state index in [-0.39, 0.29) is 17.7 Å². The second kappa shape index (κ2) is 2.73. The molecule has 1 atom stereocenters. The van der Waals surface area contributed by atoms with Crippen molar-refractivity contribution in [3.63, 3.8) is 0 Å². The molecule has 64 valence electrons. The molecule has 1 amide bonds. The molecule has 0 N–H and O–H groups in total. The average molecular weight is 165 g/mol. The van der Waals surface area contributed by atoms with Gasteiger partial charge in [-0.2, -0.15) is 0 Å². The molecular weight excluding hydrogens is 154 g/mol. The highest BCUT2D eigenvalue weighted by Gasteiger charge is 2.35. The lowest BCUT2D eigenvalue weighted by Gasteiger charge is -2.19. The number of hydrogen-bond acceptors (Lipinski definition) is 2. The van der Waals surface area contributed by atoms with Crippen LogP contribution in [0.3, 0.4) is 0 Å². The van der Waals surface area contributed by atoms with Crippen LogP contribution >= 0.6 is 0 Å². The molecule has 2 aliphatic heterocycles. The van der Waals surface area contributed by atoms with Crippen molar-refractivity contribution >= 4 is 11.7 Å². The predicted molar refractivity (Wildman–Crippen MR) is 43.5 cm³/mol. The molecule has 1 saturated heterocycles. The number of fused-ring (bicyclic) bond motifs is 1. The maximum Gasteiger partial charge on any atom is 0.223 e. The zero-order chi connectivity index (χ0) is 8.55. The number of amides is 1. The first-order valence-electron chi connectivity index (χ1n) is 4.26. The number of carbonyl (C=O) groups excluding carboxylic acids is 2. The number of carbonyl (C=O) groups is 2. The molecule has 2 aliphatic rings. The van der Waals surface area contributed by atoms with Crippen molar-refractivity contribution in [2.24, 2.45) is 0 Å². The zero-order valence-corrected chi connectivity index (χ0v) is 6.82. The van der Waals surface area contributed by atoms with Crippen molar-refractivity contribution in [1.82, 2.24) is 4.90 Å². The largest absolute Gasteiger partial charge is 0.329 e. The van der Waals surface area contributed by atoms with Gasteiger partial charge in [-0.05, 0) is 6.42 Å². The Hall–Kier alpha value is -1.12. The molecule has 0 radical (unpaired) electrons. The minimum atomic E-state index is -0.118. The summed E-state index contributed by atoms with van der Waals surface area (Å²) in [6.45, 7) is 0.620. The van der Waals surface area contributed by atoms with E-state index in [4.69, 9.17) is 0 Å². The lowest BCUT2D eigenvalue weighted by atomic mass is 10.1. The molecule has 0 spiro atoms. The van der Waals surface area contributed by atoms with Gasteiger partial charge in [0.2, 0.25) is 5.91 Å². The Kier molecular flexibility index (Phi) is 1.71. The third kappa shape index (κ3) is 1.05. The molecule has 12 heavy (non-hydrogen) atoms. The fraction of sp³-hybridized carbons (Fsp3) is 0.556. The number of ketones is 1. The van der Waals surface area contributed by atoms with E-state index < -0.39 is 0 Å². The highest BCUT2D eigenvalue weighted by atomic mass is 16.2. The molecule has 3 heteroatoms. The summed E-state index contributed by atoms with van der Waals surface area (Å²) in [6.07, 6.45) is 5.52. The van der Waals surface area contributed by atoms with Crippen LogP contribution in [0.2, 0.25) is 0 Å². The Bertz CT molecular complexity index is 257. The Labute approximate surface area is 71.0 Å². The summed E-state index contributed by atoms with van der Waals surface area (Å²) in [4.78, 5) is 24.3. The van der Waals surface area contributed by atoms with Gasteiger partial charge < -0.3 is 4.90 Å². The highest BCUT2D eigenvalue weighted by molar-refractivity contribution is 5.93. The highest BCUT2D eigenvalue weighted by Crippen LogP contribution is 2.22. The Morgan fingerprint density at radius 3 is 3.00 bits per heavy atom. The number of Topliss-reactive ketones (excluding diaryl/α,β-unsaturated/α-hetero) is 1. The van der Waals surface area contributed by atoms with Crippen LogP contribution < -0.4 is 0 Å². The van der Waals surface area contributed by atoms with Gasteiger partial charge in [-0.25, -0.2) is 0 Å². The van der Waals surface area contributed by atoms with Gasteiger partial charge in [0.25, 0.3) is 0 Å². The topological polar surface area (TPSA) is 37.4 Å². The van der Waals surface area contributed by atoms with Crippen LogP contribution in [-0.4, -0.2) is 29.2 Å². The number of nitrogens with zero attached hydrogens (tertiary/aromatic N) is 1. The quantitative estimate of drug-likeness (QED) is 0.490. The molecule has 2 rings (SSSR count). The molecule has 2 heterocycles. The maximum absolute atomic E-state index is 11.4. The third-order valence-corrected chi connectivity index (χ3v) is 2.49. The molecule has 3 nitrogen and oxygen atoms in total. The van der Waals surface area contributed by atoms with Crippen molar-refractivity contribution in [3.05, 3.63) is 12.2 Å². The first kappa shape index (κ1) is 7.53. The van der Waals surface area contributed by atoms with E-state index in [0.717, 1.165) is 6.42 Å². The molecule has 0 aromatic heterocycles. The van der Waals surface area contributed by atoms with Crippen LogP contribution in [0.5, 0.6) is 0 Å². The van der Waals surface area contributed by atoms with Crippen molar-refractivity contribution in [2.45, 2.75) is 25.3 Å². The Morgan fingerprint density at radius 2 is 2.17 bits per heavy atom. The van der Waals surface area contributed by atoms with Crippen LogP contribution in [0, 0.1) is 0 Å². The van der Waals surface area contributed by atoms with Gasteiger partial charge in [-0.15, -0.1) is 0 Å². The lowest BCUT2D eigenvalue weighted by Crippen LogP contribution is -2.37. The number of allylic oxidation sites excluding steroid dienone is 1. The summed E-state index contributed by atoms with van der Waals surface area (Å²) in [5.41, 5.74) is 0. The van der Waals surface area contributed by atoms with Crippen molar-refractivity contribution in [1.29, 1.82) is 0 Å². The van der Waals surface area contributed by atoms with E-state index in [1.54, 1.807) is 4.90 Å². The van der Waals surface area contributed by atoms with Gasteiger partial charge in [0.1, 0.15) is 0 Å². The van der Waals surface area contributed by atoms with E-state index in [0.29, 0.717) is 19.4 Å². The van der Waals surface area contributed by atoms with Gasteiger partial charge in [0.15, 0.2) is 5.78 Å². The average Bonchev–Trinajstić information content (AvgIpc) is 2.30. The van der Waals surface area contributed by atoms with Crippen molar-refractivity contribution in [2.75, 3.05) is 6.54 Å². The van der Waals surface area contributed by atoms with E-state index in [2.05, 4.69) is 0 Å². The van der Waals surface area contributed by atoms with Crippen LogP contribution in [0.25, 0.3) is 0 Å². The van der Waals surface area contributed by atoms with Crippen LogP contribution in [-0.2, 0) is 9.59 Å². The van der Waals surface area contributed by atoms with Gasteiger partial charge >= 0.3 is 0 Å². The van der Waals surface area contributed by atoms with Gasteiger partial charge in [-0.1, -0.05) is 12.2 Å². The van der Waals surface area contributed by atoms with Crippen molar-refractivity contribution < 1.29 is 9.59 Å². The van der Waals surface area contributed by atoms with Crippen LogP contribution in [0.4, 0.5) is 0 Å². The van der Waals surface area contributed by atoms with Gasteiger partial charge in [0, 0.05) is 19.4 Å². The molecule has 0 aromatic carbocycles. The van der Waals surface area contributed by atoms with E-state index in [1.807, 2.05) is 12.2 Å². The van der Waals surface area contributed by atoms with E-state index >= 15 is 0 Å². The lowest BCUT2D eigenvalue weighted by molar-refractivity contribution is -0.133. The van der Waals surface area contributed by atoms with Crippen LogP contribution in [0.15, 0.2) is 12.2 Å². The molecule has 0 saturated carbocycles. The molecule has 0 aliphatic carbocycles. The fourth-order valence-corrected chi connectivity index (χ4v) is 1.82. The van der Waals surface area contributed by atoms with Crippen molar-refractivity contribution in [3.8, 4) is 0 Å². The SMILES string of the molecule is O=C1CC=CCN2C(=O)CCC12. The minimum absolute atomic E-state index is 0.118. The summed E-state index contributed by atoms with van der Waals surface area (Å²) in [6, 6.07) is -0.118. The van der Waals surface area contributed by atoms with Gasteiger partial charge in [0.05, 0.1) is 6.04 Å². The number of rotatable bonds is 0. The van der Waals surface area contributed by atoms with E-state index in [1.165, 1.54) is 0 Å². The first-order valence-corrected chi connectivity index (χ1v) is 4.26. The normalized spacial score (nSPS) is 29.0. The summed E-state index contributed by atoms with van der Waals surface area (Å²) in [7, 11) is 0. The second-order valence-electron chi connectivity index (χ2n) is 3.24. The van der Waals surface area contributed by atoms with Crippen LogP contribution in [0.1, 0.15) is 19.3 Å².